The van der Waals surface area contributed by atoms with Crippen molar-refractivity contribution in [3.8, 4) is 0 Å². The Bertz CT molecular complexity index is 413. The van der Waals surface area contributed by atoms with Crippen LogP contribution in [0.1, 0.15) is 49.1 Å². The minimum atomic E-state index is 0. The van der Waals surface area contributed by atoms with Gasteiger partial charge >= 0.3 is 0 Å². The first-order chi connectivity index (χ1) is 9.21. The second kappa shape index (κ2) is 6.46. The van der Waals surface area contributed by atoms with Gasteiger partial charge in [-0.15, -0.1) is 12.4 Å². The van der Waals surface area contributed by atoms with Gasteiger partial charge in [-0.2, -0.15) is 0 Å². The van der Waals surface area contributed by atoms with Gasteiger partial charge in [0.15, 0.2) is 0 Å². The molecule has 1 aliphatic carbocycles. The van der Waals surface area contributed by atoms with Crippen LogP contribution in [0.4, 0.5) is 0 Å². The van der Waals surface area contributed by atoms with Crippen molar-refractivity contribution >= 4 is 12.4 Å². The molecule has 0 unspecified atom stereocenters. The van der Waals surface area contributed by atoms with E-state index >= 15 is 0 Å². The Hall–Kier alpha value is -0.580. The van der Waals surface area contributed by atoms with Crippen LogP contribution in [0.2, 0.25) is 0 Å². The number of aryl methyl sites for hydroxylation is 2. The van der Waals surface area contributed by atoms with Gasteiger partial charge in [0, 0.05) is 37.3 Å². The second-order valence-electron chi connectivity index (χ2n) is 6.19. The van der Waals surface area contributed by atoms with E-state index in [1.54, 1.807) is 0 Å². The molecule has 0 aromatic carbocycles. The van der Waals surface area contributed by atoms with Crippen molar-refractivity contribution in [3.05, 3.63) is 17.0 Å². The average Bonchev–Trinajstić information content (AvgIpc) is 2.74. The van der Waals surface area contributed by atoms with E-state index in [0.29, 0.717) is 5.54 Å². The molecule has 0 bridgehead atoms. The van der Waals surface area contributed by atoms with Crippen molar-refractivity contribution in [2.75, 3.05) is 19.6 Å². The molecule has 2 fully saturated rings. The van der Waals surface area contributed by atoms with Crippen LogP contribution in [0.5, 0.6) is 0 Å². The maximum absolute atomic E-state index is 5.32. The maximum atomic E-state index is 5.32. The molecule has 114 valence electrons. The lowest BCUT2D eigenvalue weighted by atomic mass is 9.79. The van der Waals surface area contributed by atoms with E-state index in [2.05, 4.69) is 22.3 Å². The molecule has 1 N–H and O–H groups in total. The van der Waals surface area contributed by atoms with Crippen LogP contribution in [0, 0.1) is 13.8 Å². The molecule has 1 aliphatic heterocycles. The Morgan fingerprint density at radius 1 is 1.25 bits per heavy atom. The standard InChI is InChI=1S/C15H25N3O.ClH/c1-12-14(13(2)19-17-12)10-18-9-8-16-11-15(18)6-4-3-5-7-15;/h16H,3-11H2,1-2H3;1H. The van der Waals surface area contributed by atoms with Crippen molar-refractivity contribution in [2.45, 2.75) is 58.0 Å². The van der Waals surface area contributed by atoms with E-state index in [1.807, 2.05) is 6.92 Å². The van der Waals surface area contributed by atoms with Gasteiger partial charge in [0.25, 0.3) is 0 Å². The molecule has 20 heavy (non-hydrogen) atoms. The zero-order valence-electron chi connectivity index (χ0n) is 12.6. The third-order valence-electron chi connectivity index (χ3n) is 5.00. The highest BCUT2D eigenvalue weighted by Crippen LogP contribution is 2.36. The van der Waals surface area contributed by atoms with Gasteiger partial charge in [0.2, 0.25) is 0 Å². The van der Waals surface area contributed by atoms with Gasteiger partial charge in [-0.3, -0.25) is 4.90 Å². The first-order valence-electron chi connectivity index (χ1n) is 7.59. The minimum Gasteiger partial charge on any atom is -0.361 e. The van der Waals surface area contributed by atoms with Crippen molar-refractivity contribution in [2.24, 2.45) is 0 Å². The molecule has 2 aliphatic rings. The lowest BCUT2D eigenvalue weighted by Crippen LogP contribution is -2.61. The molecule has 1 spiro atoms. The van der Waals surface area contributed by atoms with E-state index in [-0.39, 0.29) is 12.4 Å². The fourth-order valence-corrected chi connectivity index (χ4v) is 3.75. The topological polar surface area (TPSA) is 41.3 Å². The molecular formula is C15H26ClN3O. The molecule has 0 amide bonds. The lowest BCUT2D eigenvalue weighted by Gasteiger charge is -2.50. The highest BCUT2D eigenvalue weighted by molar-refractivity contribution is 5.85. The van der Waals surface area contributed by atoms with E-state index in [1.165, 1.54) is 37.7 Å². The van der Waals surface area contributed by atoms with Crippen molar-refractivity contribution < 1.29 is 4.52 Å². The summed E-state index contributed by atoms with van der Waals surface area (Å²) in [5.74, 6) is 0.988. The zero-order valence-corrected chi connectivity index (χ0v) is 13.4. The molecule has 2 heterocycles. The highest BCUT2D eigenvalue weighted by Gasteiger charge is 2.40. The summed E-state index contributed by atoms with van der Waals surface area (Å²) in [5, 5.41) is 7.70. The van der Waals surface area contributed by atoms with Crippen LogP contribution >= 0.6 is 12.4 Å². The monoisotopic (exact) mass is 299 g/mol. The molecule has 3 rings (SSSR count). The van der Waals surface area contributed by atoms with Crippen LogP contribution in [0.3, 0.4) is 0 Å². The Balaban J connectivity index is 0.00000147. The van der Waals surface area contributed by atoms with Gasteiger partial charge in [0.1, 0.15) is 5.76 Å². The number of halogens is 1. The Morgan fingerprint density at radius 3 is 2.65 bits per heavy atom. The number of hydrogen-bond acceptors (Lipinski definition) is 4. The number of aromatic nitrogens is 1. The highest BCUT2D eigenvalue weighted by atomic mass is 35.5. The first-order valence-corrected chi connectivity index (χ1v) is 7.59. The summed E-state index contributed by atoms with van der Waals surface area (Å²) < 4.78 is 5.32. The van der Waals surface area contributed by atoms with Gasteiger partial charge in [-0.1, -0.05) is 24.4 Å². The minimum absolute atomic E-state index is 0. The van der Waals surface area contributed by atoms with Gasteiger partial charge in [-0.05, 0) is 26.7 Å². The Kier molecular flexibility index (Phi) is 5.10. The van der Waals surface area contributed by atoms with E-state index in [9.17, 15) is 0 Å². The van der Waals surface area contributed by atoms with Crippen molar-refractivity contribution in [1.29, 1.82) is 0 Å². The number of nitrogens with one attached hydrogen (secondary N) is 1. The van der Waals surface area contributed by atoms with Crippen LogP contribution < -0.4 is 5.32 Å². The summed E-state index contributed by atoms with van der Waals surface area (Å²) >= 11 is 0. The van der Waals surface area contributed by atoms with Crippen LogP contribution in [0.25, 0.3) is 0 Å². The van der Waals surface area contributed by atoms with Crippen LogP contribution in [-0.2, 0) is 6.54 Å². The van der Waals surface area contributed by atoms with Crippen LogP contribution in [-0.4, -0.2) is 35.2 Å². The third kappa shape index (κ3) is 2.87. The molecule has 0 atom stereocenters. The summed E-state index contributed by atoms with van der Waals surface area (Å²) in [4.78, 5) is 2.69. The van der Waals surface area contributed by atoms with Crippen molar-refractivity contribution in [1.82, 2.24) is 15.4 Å². The molecular weight excluding hydrogens is 274 g/mol. The fourth-order valence-electron chi connectivity index (χ4n) is 3.75. The molecule has 1 saturated heterocycles. The Labute approximate surface area is 127 Å². The molecule has 1 saturated carbocycles. The predicted molar refractivity (Wildman–Crippen MR) is 82.3 cm³/mol. The predicted octanol–water partition coefficient (Wildman–Crippen LogP) is 2.82. The SMILES string of the molecule is Cc1noc(C)c1CN1CCNCC12CCCCC2.Cl. The summed E-state index contributed by atoms with van der Waals surface area (Å²) in [7, 11) is 0. The fraction of sp³-hybridized carbons (Fsp3) is 0.800. The number of nitrogens with zero attached hydrogens (tertiary/aromatic N) is 2. The number of hydrogen-bond donors (Lipinski definition) is 1. The molecule has 5 heteroatoms. The number of rotatable bonds is 2. The average molecular weight is 300 g/mol. The van der Waals surface area contributed by atoms with E-state index in [4.69, 9.17) is 4.52 Å². The van der Waals surface area contributed by atoms with Crippen LogP contribution in [0.15, 0.2) is 4.52 Å². The molecule has 1 aromatic heterocycles. The van der Waals surface area contributed by atoms with Crippen molar-refractivity contribution in [3.63, 3.8) is 0 Å². The zero-order chi connectivity index (χ0) is 13.3. The lowest BCUT2D eigenvalue weighted by molar-refractivity contribution is 0.0205. The summed E-state index contributed by atoms with van der Waals surface area (Å²) in [6.45, 7) is 8.49. The van der Waals surface area contributed by atoms with Gasteiger partial charge in [0.05, 0.1) is 5.69 Å². The summed E-state index contributed by atoms with van der Waals surface area (Å²) in [6.07, 6.45) is 6.83. The Morgan fingerprint density at radius 2 is 2.00 bits per heavy atom. The summed E-state index contributed by atoms with van der Waals surface area (Å²) in [6, 6.07) is 0. The van der Waals surface area contributed by atoms with E-state index < -0.39 is 0 Å². The smallest absolute Gasteiger partial charge is 0.138 e. The molecule has 4 nitrogen and oxygen atoms in total. The van der Waals surface area contributed by atoms with Gasteiger partial charge in [-0.25, -0.2) is 0 Å². The maximum Gasteiger partial charge on any atom is 0.138 e. The third-order valence-corrected chi connectivity index (χ3v) is 5.00. The molecule has 1 aromatic rings. The number of piperazine rings is 1. The first kappa shape index (κ1) is 15.8. The molecule has 0 radical (unpaired) electrons. The van der Waals surface area contributed by atoms with Gasteiger partial charge < -0.3 is 9.84 Å². The second-order valence-corrected chi connectivity index (χ2v) is 6.19. The normalized spacial score (nSPS) is 22.7. The largest absolute Gasteiger partial charge is 0.361 e. The van der Waals surface area contributed by atoms with E-state index in [0.717, 1.165) is 37.6 Å². The summed E-state index contributed by atoms with van der Waals surface area (Å²) in [5.41, 5.74) is 2.74. The quantitative estimate of drug-likeness (QED) is 0.912.